The zero-order valence-electron chi connectivity index (χ0n) is 64.9. The summed E-state index contributed by atoms with van der Waals surface area (Å²) in [6.45, 7) is 49.3. The molecule has 0 saturated carbocycles. The van der Waals surface area contributed by atoms with Gasteiger partial charge in [0.05, 0.1) is 101 Å². The summed E-state index contributed by atoms with van der Waals surface area (Å²) >= 11 is 0. The maximum Gasteiger partial charge on any atom is 0.126 e. The highest BCUT2D eigenvalue weighted by atomic mass is 16.6. The van der Waals surface area contributed by atoms with E-state index in [1.807, 2.05) is 21.3 Å². The van der Waals surface area contributed by atoms with Crippen LogP contribution in [0.3, 0.4) is 0 Å². The molecule has 3 heterocycles. The Bertz CT molecular complexity index is 3190. The summed E-state index contributed by atoms with van der Waals surface area (Å²) in [6, 6.07) is 28.5. The van der Waals surface area contributed by atoms with Crippen LogP contribution in [-0.2, 0) is 99.4 Å². The molecule has 0 unspecified atom stereocenters. The number of ether oxygens (including phenoxy) is 12. The van der Waals surface area contributed by atoms with E-state index in [9.17, 15) is 0 Å². The van der Waals surface area contributed by atoms with Crippen molar-refractivity contribution < 1.29 is 56.8 Å². The van der Waals surface area contributed by atoms with Gasteiger partial charge in [-0.2, -0.15) is 0 Å². The molecule has 0 amide bonds. The Balaban J connectivity index is 1.44. The highest BCUT2D eigenvalue weighted by molar-refractivity contribution is 5.62. The van der Waals surface area contributed by atoms with Crippen molar-refractivity contribution in [2.24, 2.45) is 5.41 Å². The fourth-order valence-corrected chi connectivity index (χ4v) is 13.8. The van der Waals surface area contributed by atoms with Crippen LogP contribution in [0.25, 0.3) is 0 Å². The lowest BCUT2D eigenvalue weighted by atomic mass is 9.79. The first-order chi connectivity index (χ1) is 46.6. The first-order valence-electron chi connectivity index (χ1n) is 36.6. The zero-order valence-corrected chi connectivity index (χ0v) is 64.9. The van der Waals surface area contributed by atoms with Crippen LogP contribution in [0.1, 0.15) is 238 Å². The van der Waals surface area contributed by atoms with Crippen LogP contribution in [-0.4, -0.2) is 120 Å². The monoisotopic (exact) mass is 1360 g/mol. The Hall–Kier alpha value is -6.12. The van der Waals surface area contributed by atoms with Gasteiger partial charge in [0.15, 0.2) is 0 Å². The minimum atomic E-state index is -0.432. The number of benzene rings is 6. The first-order valence-corrected chi connectivity index (χ1v) is 36.6. The average molecular weight is 1360 g/mol. The Morgan fingerprint density at radius 3 is 0.606 bits per heavy atom. The summed E-state index contributed by atoms with van der Waals surface area (Å²) in [5.74, 6) is 5.01. The molecule has 10 rings (SSSR count). The second kappa shape index (κ2) is 32.0. The number of hydrogen-bond acceptors (Lipinski definition) is 12. The van der Waals surface area contributed by atoms with Crippen LogP contribution in [0.2, 0.25) is 0 Å². The van der Waals surface area contributed by atoms with Gasteiger partial charge in [-0.1, -0.05) is 204 Å². The summed E-state index contributed by atoms with van der Waals surface area (Å²) in [7, 11) is 5.48. The molecule has 16 bridgehead atoms. The molecule has 0 radical (unpaired) electrons. The van der Waals surface area contributed by atoms with Crippen LogP contribution in [0.4, 0.5) is 0 Å². The average Bonchev–Trinajstić information content (AvgIpc) is 0.772. The summed E-state index contributed by atoms with van der Waals surface area (Å²) in [5.41, 5.74) is 18.2. The van der Waals surface area contributed by atoms with Crippen molar-refractivity contribution in [1.82, 2.24) is 0 Å². The molecule has 12 heteroatoms. The fourth-order valence-electron chi connectivity index (χ4n) is 13.8. The highest BCUT2D eigenvalue weighted by Crippen LogP contribution is 2.46. The van der Waals surface area contributed by atoms with Gasteiger partial charge in [-0.15, -0.1) is 0 Å². The SMILES string of the molecule is CCC12COCCOCCOc3c4cc(C(C)(C)C)cc3Cc3cc(C(C)(C)C)cc(c3OC)Cc3cc(C(C)(C)C)cc(c3OCCOCCOC1)Cc1cc(C(C)(C)C)cc(c1OC)Cc1cc(C(C)(C)C)cc(c1OCCOCCOC2)Cc1cc(C(C)(C)C)cc(c1OC)C4. The van der Waals surface area contributed by atoms with E-state index in [1.165, 1.54) is 33.4 Å². The second-order valence-corrected chi connectivity index (χ2v) is 34.3. The number of fused-ring (bicyclic) bond motifs is 21. The van der Waals surface area contributed by atoms with Gasteiger partial charge >= 0.3 is 0 Å². The molecule has 542 valence electrons. The number of rotatable bonds is 4. The molecule has 0 aromatic heterocycles. The Kier molecular flexibility index (Phi) is 24.9. The van der Waals surface area contributed by atoms with E-state index in [-0.39, 0.29) is 32.5 Å². The van der Waals surface area contributed by atoms with Gasteiger partial charge in [-0.3, -0.25) is 0 Å². The predicted molar refractivity (Wildman–Crippen MR) is 401 cm³/mol. The summed E-state index contributed by atoms with van der Waals surface area (Å²) in [4.78, 5) is 0. The van der Waals surface area contributed by atoms with E-state index in [2.05, 4.69) is 204 Å². The predicted octanol–water partition coefficient (Wildman–Crippen LogP) is 18.0. The first kappa shape index (κ1) is 77.0. The van der Waals surface area contributed by atoms with Crippen LogP contribution >= 0.6 is 0 Å². The second-order valence-electron chi connectivity index (χ2n) is 34.3. The third kappa shape index (κ3) is 19.5. The minimum absolute atomic E-state index is 0.231. The maximum absolute atomic E-state index is 7.33. The molecule has 12 nitrogen and oxygen atoms in total. The van der Waals surface area contributed by atoms with E-state index < -0.39 is 5.41 Å². The van der Waals surface area contributed by atoms with Gasteiger partial charge in [0, 0.05) is 43.9 Å². The zero-order chi connectivity index (χ0) is 71.9. The Morgan fingerprint density at radius 2 is 0.434 bits per heavy atom. The molecule has 0 N–H and O–H groups in total. The summed E-state index contributed by atoms with van der Waals surface area (Å²) < 4.78 is 81.3. The molecule has 0 atom stereocenters. The molecule has 0 fully saturated rings. The largest absolute Gasteiger partial charge is 0.496 e. The lowest BCUT2D eigenvalue weighted by Crippen LogP contribution is -2.38. The Morgan fingerprint density at radius 1 is 0.263 bits per heavy atom. The van der Waals surface area contributed by atoms with Crippen molar-refractivity contribution in [3.63, 3.8) is 0 Å². The van der Waals surface area contributed by atoms with E-state index in [1.54, 1.807) is 0 Å². The van der Waals surface area contributed by atoms with Crippen molar-refractivity contribution >= 4 is 0 Å². The van der Waals surface area contributed by atoms with Crippen LogP contribution in [0.5, 0.6) is 34.5 Å². The van der Waals surface area contributed by atoms with Gasteiger partial charge in [-0.05, 0) is 139 Å². The van der Waals surface area contributed by atoms with Crippen LogP contribution in [0.15, 0.2) is 72.8 Å². The lowest BCUT2D eigenvalue weighted by Gasteiger charge is -2.32. The lowest BCUT2D eigenvalue weighted by molar-refractivity contribution is -0.0901. The molecule has 1 aliphatic carbocycles. The van der Waals surface area contributed by atoms with Gasteiger partial charge in [0.1, 0.15) is 54.3 Å². The van der Waals surface area contributed by atoms with Gasteiger partial charge in [-0.25, -0.2) is 0 Å². The Labute approximate surface area is 596 Å². The maximum atomic E-state index is 7.33. The van der Waals surface area contributed by atoms with Crippen molar-refractivity contribution in [3.8, 4) is 34.5 Å². The van der Waals surface area contributed by atoms with Gasteiger partial charge in [0.2, 0.25) is 0 Å². The van der Waals surface area contributed by atoms with Crippen molar-refractivity contribution in [3.05, 3.63) is 173 Å². The summed E-state index contributed by atoms with van der Waals surface area (Å²) in [6.07, 6.45) is 3.93. The third-order valence-corrected chi connectivity index (χ3v) is 20.1. The number of methoxy groups -OCH3 is 3. The van der Waals surface area contributed by atoms with Crippen LogP contribution < -0.4 is 28.4 Å². The summed E-state index contributed by atoms with van der Waals surface area (Å²) in [5, 5.41) is 0. The van der Waals surface area contributed by atoms with Crippen LogP contribution in [0, 0.1) is 5.41 Å². The van der Waals surface area contributed by atoms with Gasteiger partial charge in [0.25, 0.3) is 0 Å². The molecular formula is C87H122O12. The molecule has 3 aliphatic heterocycles. The van der Waals surface area contributed by atoms with E-state index in [0.717, 1.165) is 108 Å². The molecule has 0 spiro atoms. The molecule has 4 aliphatic rings. The molecule has 6 aromatic carbocycles. The highest BCUT2D eigenvalue weighted by Gasteiger charge is 2.33. The topological polar surface area (TPSA) is 111 Å². The number of hydrogen-bond donors (Lipinski definition) is 0. The fraction of sp³-hybridized carbons (Fsp3) is 0.586. The van der Waals surface area contributed by atoms with E-state index >= 15 is 0 Å². The van der Waals surface area contributed by atoms with Gasteiger partial charge < -0.3 is 56.8 Å². The van der Waals surface area contributed by atoms with E-state index in [0.29, 0.717) is 138 Å². The van der Waals surface area contributed by atoms with Crippen molar-refractivity contribution in [1.29, 1.82) is 0 Å². The van der Waals surface area contributed by atoms with E-state index in [4.69, 9.17) is 56.8 Å². The molecule has 0 saturated heterocycles. The standard InChI is InChI=1S/C87H122O12/c1-23-87-54-94-27-24-91-30-33-97-78-63-36-57-42-69(81(2,3)4)43-58(75(57)88-20)37-64-49-73(85(14,15)16)51-66(79(64)98-34-31-92-25-28-95-55-87)39-60-45-71(83(8,9)10)47-62(77(60)90-22)41-68-53-74(86(17,18)19)52-67(80(68)99-35-32-93-26-29-96-56-87)40-61-46-70(82(5,6)7)44-59(76(61)89-21)38-65(78)50-72(48-63)84(11,12)13/h42-53H,23-41,54-56H2,1-22H3. The van der Waals surface area contributed by atoms with Crippen molar-refractivity contribution in [2.75, 3.05) is 120 Å². The van der Waals surface area contributed by atoms with Crippen molar-refractivity contribution in [2.45, 2.75) is 209 Å². The minimum Gasteiger partial charge on any atom is -0.496 e. The smallest absolute Gasteiger partial charge is 0.126 e. The normalized spacial score (nSPS) is 17.3. The molecular weight excluding hydrogens is 1240 g/mol. The quantitative estimate of drug-likeness (QED) is 0.156. The molecule has 99 heavy (non-hydrogen) atoms. The third-order valence-electron chi connectivity index (χ3n) is 20.1. The molecule has 6 aromatic rings.